The Morgan fingerprint density at radius 3 is 1.97 bits per heavy atom. The van der Waals surface area contributed by atoms with Crippen molar-refractivity contribution in [1.82, 2.24) is 0 Å². The highest BCUT2D eigenvalue weighted by Crippen LogP contribution is 2.63. The monoisotopic (exact) mass is 490 g/mol. The summed E-state index contributed by atoms with van der Waals surface area (Å²) < 4.78 is 0. The third-order valence-corrected chi connectivity index (χ3v) is 8.76. The molecule has 0 nitrogen and oxygen atoms in total. The van der Waals surface area contributed by atoms with Gasteiger partial charge in [0.1, 0.15) is 0 Å². The van der Waals surface area contributed by atoms with Crippen molar-refractivity contribution in [3.05, 3.63) is 166 Å². The van der Waals surface area contributed by atoms with Gasteiger partial charge in [-0.25, -0.2) is 0 Å². The molecular formula is C36H23Cl. The molecule has 6 aromatic rings. The van der Waals surface area contributed by atoms with E-state index in [0.29, 0.717) is 0 Å². The summed E-state index contributed by atoms with van der Waals surface area (Å²) in [6.07, 6.45) is 0.809. The van der Waals surface area contributed by atoms with Crippen molar-refractivity contribution in [3.63, 3.8) is 0 Å². The van der Waals surface area contributed by atoms with Gasteiger partial charge in [0.05, 0.1) is 5.41 Å². The minimum absolute atomic E-state index is 0.335. The van der Waals surface area contributed by atoms with Crippen LogP contribution in [0.5, 0.6) is 0 Å². The Kier molecular flexibility index (Phi) is 4.36. The van der Waals surface area contributed by atoms with Gasteiger partial charge in [-0.1, -0.05) is 133 Å². The van der Waals surface area contributed by atoms with Crippen molar-refractivity contribution in [1.29, 1.82) is 0 Å². The van der Waals surface area contributed by atoms with Crippen LogP contribution in [-0.4, -0.2) is 0 Å². The number of halogens is 1. The van der Waals surface area contributed by atoms with Crippen LogP contribution < -0.4 is 0 Å². The van der Waals surface area contributed by atoms with Gasteiger partial charge in [0.2, 0.25) is 0 Å². The minimum atomic E-state index is -0.335. The molecule has 8 rings (SSSR count). The number of hydrogen-bond acceptors (Lipinski definition) is 0. The van der Waals surface area contributed by atoms with Crippen LogP contribution in [0.25, 0.3) is 33.0 Å². The zero-order chi connectivity index (χ0) is 24.6. The SMILES string of the molecule is Clc1ccccc1Cc1ccc2c(c1)C1(c3ccccc3-c3ccccc31)c1ccc3ccccc3c1-2. The first-order valence-electron chi connectivity index (χ1n) is 12.9. The highest BCUT2D eigenvalue weighted by Gasteiger charge is 2.51. The second-order valence-corrected chi connectivity index (χ2v) is 10.6. The van der Waals surface area contributed by atoms with E-state index in [0.717, 1.165) is 17.0 Å². The predicted octanol–water partition coefficient (Wildman–Crippen LogP) is 9.43. The Hall–Kier alpha value is -4.13. The van der Waals surface area contributed by atoms with Crippen molar-refractivity contribution >= 4 is 22.4 Å². The molecule has 0 radical (unpaired) electrons. The van der Waals surface area contributed by atoms with E-state index in [4.69, 9.17) is 11.6 Å². The van der Waals surface area contributed by atoms with Crippen LogP contribution in [0, 0.1) is 0 Å². The lowest BCUT2D eigenvalue weighted by molar-refractivity contribution is 0.792. The number of hydrogen-bond donors (Lipinski definition) is 0. The molecule has 0 amide bonds. The summed E-state index contributed by atoms with van der Waals surface area (Å²) in [7, 11) is 0. The standard InChI is InChI=1S/C36H23Cl/c37-34-16-8-2-10-25(34)21-23-17-19-29-33(22-23)36(32-20-18-24-9-1-3-11-26(24)35(29)32)30-14-6-4-12-27(30)28-13-5-7-15-31(28)36/h1-20,22H,21H2. The minimum Gasteiger partial charge on any atom is -0.0840 e. The van der Waals surface area contributed by atoms with Crippen molar-refractivity contribution in [2.24, 2.45) is 0 Å². The van der Waals surface area contributed by atoms with Crippen molar-refractivity contribution in [2.45, 2.75) is 11.8 Å². The second kappa shape index (κ2) is 7.68. The van der Waals surface area contributed by atoms with E-state index in [1.165, 1.54) is 60.8 Å². The maximum absolute atomic E-state index is 6.58. The van der Waals surface area contributed by atoms with Crippen LogP contribution in [-0.2, 0) is 11.8 Å². The van der Waals surface area contributed by atoms with Crippen LogP contribution in [0.1, 0.15) is 33.4 Å². The fourth-order valence-corrected chi connectivity index (χ4v) is 7.13. The van der Waals surface area contributed by atoms with Crippen LogP contribution in [0.4, 0.5) is 0 Å². The normalized spacial score (nSPS) is 13.9. The van der Waals surface area contributed by atoms with Crippen LogP contribution in [0.2, 0.25) is 5.02 Å². The van der Waals surface area contributed by atoms with E-state index >= 15 is 0 Å². The molecule has 174 valence electrons. The molecule has 0 heterocycles. The second-order valence-electron chi connectivity index (χ2n) is 10.2. The number of fused-ring (bicyclic) bond motifs is 12. The van der Waals surface area contributed by atoms with Gasteiger partial charge in [-0.2, -0.15) is 0 Å². The van der Waals surface area contributed by atoms with Crippen LogP contribution in [0.15, 0.2) is 127 Å². The van der Waals surface area contributed by atoms with Crippen molar-refractivity contribution < 1.29 is 0 Å². The average Bonchev–Trinajstić information content (AvgIpc) is 3.41. The van der Waals surface area contributed by atoms with E-state index in [2.05, 4.69) is 115 Å². The molecule has 0 aliphatic heterocycles. The smallest absolute Gasteiger partial charge is 0.0725 e. The number of rotatable bonds is 2. The molecule has 0 atom stereocenters. The highest BCUT2D eigenvalue weighted by molar-refractivity contribution is 6.31. The zero-order valence-corrected chi connectivity index (χ0v) is 21.0. The van der Waals surface area contributed by atoms with E-state index < -0.39 is 0 Å². The lowest BCUT2D eigenvalue weighted by Crippen LogP contribution is -2.26. The van der Waals surface area contributed by atoms with Gasteiger partial charge in [0, 0.05) is 5.02 Å². The fraction of sp³-hybridized carbons (Fsp3) is 0.0556. The van der Waals surface area contributed by atoms with Crippen LogP contribution >= 0.6 is 11.6 Å². The molecule has 0 N–H and O–H groups in total. The molecule has 2 aliphatic rings. The van der Waals surface area contributed by atoms with Gasteiger partial charge in [0.25, 0.3) is 0 Å². The molecule has 0 unspecified atom stereocenters. The third-order valence-electron chi connectivity index (χ3n) is 8.40. The lowest BCUT2D eigenvalue weighted by atomic mass is 9.70. The van der Waals surface area contributed by atoms with Gasteiger partial charge >= 0.3 is 0 Å². The molecule has 0 fully saturated rings. The Balaban J connectivity index is 1.49. The van der Waals surface area contributed by atoms with E-state index in [1.807, 2.05) is 12.1 Å². The Morgan fingerprint density at radius 1 is 0.514 bits per heavy atom. The van der Waals surface area contributed by atoms with Crippen LogP contribution in [0.3, 0.4) is 0 Å². The van der Waals surface area contributed by atoms with Crippen molar-refractivity contribution in [3.8, 4) is 22.3 Å². The summed E-state index contributed by atoms with van der Waals surface area (Å²) in [4.78, 5) is 0. The quantitative estimate of drug-likeness (QED) is 0.226. The summed E-state index contributed by atoms with van der Waals surface area (Å²) in [6, 6.07) is 46.7. The first-order valence-corrected chi connectivity index (χ1v) is 13.2. The summed E-state index contributed by atoms with van der Waals surface area (Å²) >= 11 is 6.58. The molecule has 1 heteroatoms. The Morgan fingerprint density at radius 2 is 1.19 bits per heavy atom. The third kappa shape index (κ3) is 2.74. The highest BCUT2D eigenvalue weighted by atomic mass is 35.5. The average molecular weight is 491 g/mol. The Labute approximate surface area is 221 Å². The van der Waals surface area contributed by atoms with E-state index in [1.54, 1.807) is 0 Å². The lowest BCUT2D eigenvalue weighted by Gasteiger charge is -2.30. The molecule has 2 aliphatic carbocycles. The first kappa shape index (κ1) is 21.0. The molecule has 0 aromatic heterocycles. The summed E-state index contributed by atoms with van der Waals surface area (Å²) in [5.41, 5.74) is 13.0. The molecule has 0 bridgehead atoms. The van der Waals surface area contributed by atoms with Gasteiger partial charge in [0.15, 0.2) is 0 Å². The van der Waals surface area contributed by atoms with Crippen molar-refractivity contribution in [2.75, 3.05) is 0 Å². The summed E-state index contributed by atoms with van der Waals surface area (Å²) in [5.74, 6) is 0. The molecule has 1 spiro atoms. The Bertz CT molecular complexity index is 1830. The van der Waals surface area contributed by atoms with Gasteiger partial charge < -0.3 is 0 Å². The molecule has 0 saturated carbocycles. The summed E-state index contributed by atoms with van der Waals surface area (Å²) in [5, 5.41) is 3.42. The first-order chi connectivity index (χ1) is 18.3. The van der Waals surface area contributed by atoms with E-state index in [9.17, 15) is 0 Å². The number of benzene rings is 6. The van der Waals surface area contributed by atoms with E-state index in [-0.39, 0.29) is 5.41 Å². The molecule has 0 saturated heterocycles. The molecular weight excluding hydrogens is 468 g/mol. The van der Waals surface area contributed by atoms with Gasteiger partial charge in [-0.3, -0.25) is 0 Å². The maximum atomic E-state index is 6.58. The zero-order valence-electron chi connectivity index (χ0n) is 20.2. The maximum Gasteiger partial charge on any atom is 0.0725 e. The van der Waals surface area contributed by atoms with Gasteiger partial charge in [-0.15, -0.1) is 0 Å². The topological polar surface area (TPSA) is 0 Å². The largest absolute Gasteiger partial charge is 0.0840 e. The predicted molar refractivity (Wildman–Crippen MR) is 155 cm³/mol. The molecule has 6 aromatic carbocycles. The van der Waals surface area contributed by atoms with Gasteiger partial charge in [-0.05, 0) is 78.9 Å². The fourth-order valence-electron chi connectivity index (χ4n) is 6.93. The summed E-state index contributed by atoms with van der Waals surface area (Å²) in [6.45, 7) is 0. The molecule has 37 heavy (non-hydrogen) atoms.